The van der Waals surface area contributed by atoms with E-state index < -0.39 is 10.0 Å². The SMILES string of the molecule is C#CCNS(=O)(=O)c1ccc(C(=O)Nc2ccccc2OCCC)cc1. The number of ether oxygens (including phenoxy) is 1. The molecule has 0 radical (unpaired) electrons. The highest BCUT2D eigenvalue weighted by molar-refractivity contribution is 7.89. The fourth-order valence-corrected chi connectivity index (χ4v) is 3.04. The van der Waals surface area contributed by atoms with Gasteiger partial charge in [-0.25, -0.2) is 8.42 Å². The summed E-state index contributed by atoms with van der Waals surface area (Å²) in [6.07, 6.45) is 5.91. The number of hydrogen-bond donors (Lipinski definition) is 2. The molecule has 2 N–H and O–H groups in total. The second kappa shape index (κ2) is 9.04. The number of benzene rings is 2. The molecule has 2 aromatic carbocycles. The Labute approximate surface area is 153 Å². The Morgan fingerprint density at radius 1 is 1.15 bits per heavy atom. The van der Waals surface area contributed by atoms with E-state index in [-0.39, 0.29) is 17.3 Å². The Morgan fingerprint density at radius 2 is 1.85 bits per heavy atom. The average molecular weight is 372 g/mol. The molecule has 136 valence electrons. The van der Waals surface area contributed by atoms with Crippen molar-refractivity contribution in [3.63, 3.8) is 0 Å². The van der Waals surface area contributed by atoms with Crippen LogP contribution in [0.15, 0.2) is 53.4 Å². The van der Waals surface area contributed by atoms with Gasteiger partial charge in [-0.3, -0.25) is 4.79 Å². The molecule has 2 aromatic rings. The number of hydrogen-bond acceptors (Lipinski definition) is 4. The van der Waals surface area contributed by atoms with Crippen molar-refractivity contribution in [3.05, 3.63) is 54.1 Å². The molecule has 0 aliphatic rings. The standard InChI is InChI=1S/C19H20N2O4S/c1-3-13-20-26(23,24)16-11-9-15(10-12-16)19(22)21-17-7-5-6-8-18(17)25-14-4-2/h1,5-12,20H,4,13-14H2,2H3,(H,21,22). The zero-order chi connectivity index (χ0) is 19.0. The lowest BCUT2D eigenvalue weighted by Gasteiger charge is -2.12. The fraction of sp³-hybridized carbons (Fsp3) is 0.211. The highest BCUT2D eigenvalue weighted by Gasteiger charge is 2.15. The van der Waals surface area contributed by atoms with E-state index in [4.69, 9.17) is 11.2 Å². The van der Waals surface area contributed by atoms with Crippen molar-refractivity contribution in [1.82, 2.24) is 4.72 Å². The lowest BCUT2D eigenvalue weighted by molar-refractivity contribution is 0.102. The first-order chi connectivity index (χ1) is 12.5. The topological polar surface area (TPSA) is 84.5 Å². The molecule has 0 heterocycles. The third-order valence-electron chi connectivity index (χ3n) is 3.39. The van der Waals surface area contributed by atoms with Crippen molar-refractivity contribution in [2.45, 2.75) is 18.2 Å². The lowest BCUT2D eigenvalue weighted by Crippen LogP contribution is -2.24. The molecule has 0 bridgehead atoms. The molecule has 26 heavy (non-hydrogen) atoms. The number of amides is 1. The number of sulfonamides is 1. The van der Waals surface area contributed by atoms with E-state index in [0.29, 0.717) is 23.6 Å². The third kappa shape index (κ3) is 5.09. The van der Waals surface area contributed by atoms with Gasteiger partial charge in [0.05, 0.1) is 23.7 Å². The van der Waals surface area contributed by atoms with Crippen LogP contribution in [0.3, 0.4) is 0 Å². The Morgan fingerprint density at radius 3 is 2.50 bits per heavy atom. The first-order valence-corrected chi connectivity index (χ1v) is 9.52. The van der Waals surface area contributed by atoms with Gasteiger partial charge in [0.25, 0.3) is 5.91 Å². The molecule has 0 aliphatic carbocycles. The van der Waals surface area contributed by atoms with Crippen LogP contribution in [0.2, 0.25) is 0 Å². The quantitative estimate of drug-likeness (QED) is 0.698. The van der Waals surface area contributed by atoms with Crippen molar-refractivity contribution in [2.24, 2.45) is 0 Å². The molecule has 0 saturated carbocycles. The number of rotatable bonds is 8. The van der Waals surface area contributed by atoms with E-state index >= 15 is 0 Å². The van der Waals surface area contributed by atoms with E-state index in [9.17, 15) is 13.2 Å². The molecule has 2 rings (SSSR count). The van der Waals surface area contributed by atoms with Crippen LogP contribution < -0.4 is 14.8 Å². The monoisotopic (exact) mass is 372 g/mol. The molecule has 0 unspecified atom stereocenters. The summed E-state index contributed by atoms with van der Waals surface area (Å²) < 4.78 is 31.8. The maximum absolute atomic E-state index is 12.4. The van der Waals surface area contributed by atoms with Crippen molar-refractivity contribution >= 4 is 21.6 Å². The summed E-state index contributed by atoms with van der Waals surface area (Å²) >= 11 is 0. The maximum atomic E-state index is 12.4. The van der Waals surface area contributed by atoms with Gasteiger partial charge in [-0.1, -0.05) is 25.0 Å². The van der Waals surface area contributed by atoms with Crippen LogP contribution >= 0.6 is 0 Å². The predicted molar refractivity (Wildman–Crippen MR) is 101 cm³/mol. The summed E-state index contributed by atoms with van der Waals surface area (Å²) in [7, 11) is -3.68. The second-order valence-electron chi connectivity index (χ2n) is 5.35. The van der Waals surface area contributed by atoms with Crippen LogP contribution in [0.25, 0.3) is 0 Å². The van der Waals surface area contributed by atoms with Gasteiger partial charge < -0.3 is 10.1 Å². The van der Waals surface area contributed by atoms with Gasteiger partial charge in [0.15, 0.2) is 0 Å². The van der Waals surface area contributed by atoms with Crippen LogP contribution in [-0.4, -0.2) is 27.5 Å². The molecule has 0 saturated heterocycles. The molecule has 7 heteroatoms. The van der Waals surface area contributed by atoms with Gasteiger partial charge >= 0.3 is 0 Å². The third-order valence-corrected chi connectivity index (χ3v) is 4.81. The minimum Gasteiger partial charge on any atom is -0.491 e. The molecule has 0 aliphatic heterocycles. The molecular formula is C19H20N2O4S. The first kappa shape index (κ1) is 19.5. The second-order valence-corrected chi connectivity index (χ2v) is 7.12. The van der Waals surface area contributed by atoms with Gasteiger partial charge in [0.2, 0.25) is 10.0 Å². The Hall–Kier alpha value is -2.82. The van der Waals surface area contributed by atoms with E-state index in [1.807, 2.05) is 13.0 Å². The number of para-hydroxylation sites is 2. The number of terminal acetylenes is 1. The number of carbonyl (C=O) groups is 1. The molecule has 0 spiro atoms. The molecule has 0 aromatic heterocycles. The van der Waals surface area contributed by atoms with Gasteiger partial charge in [-0.2, -0.15) is 4.72 Å². The first-order valence-electron chi connectivity index (χ1n) is 8.04. The highest BCUT2D eigenvalue weighted by Crippen LogP contribution is 2.24. The van der Waals surface area contributed by atoms with Crippen molar-refractivity contribution in [1.29, 1.82) is 0 Å². The minimum absolute atomic E-state index is 0.0379. The normalized spacial score (nSPS) is 10.8. The summed E-state index contributed by atoms with van der Waals surface area (Å²) in [4.78, 5) is 12.5. The van der Waals surface area contributed by atoms with Crippen LogP contribution in [0.4, 0.5) is 5.69 Å². The van der Waals surface area contributed by atoms with Crippen molar-refractivity contribution in [3.8, 4) is 18.1 Å². The fourth-order valence-electron chi connectivity index (χ4n) is 2.11. The molecular weight excluding hydrogens is 352 g/mol. The average Bonchev–Trinajstić information content (AvgIpc) is 2.66. The summed E-state index contributed by atoms with van der Waals surface area (Å²) in [6.45, 7) is 2.44. The van der Waals surface area contributed by atoms with Crippen LogP contribution in [0, 0.1) is 12.3 Å². The summed E-state index contributed by atoms with van der Waals surface area (Å²) in [5.41, 5.74) is 0.879. The Balaban J connectivity index is 2.13. The number of carbonyl (C=O) groups excluding carboxylic acids is 1. The largest absolute Gasteiger partial charge is 0.491 e. The van der Waals surface area contributed by atoms with Crippen molar-refractivity contribution < 1.29 is 17.9 Å². The summed E-state index contributed by atoms with van der Waals surface area (Å²) in [5, 5.41) is 2.77. The van der Waals surface area contributed by atoms with Crippen LogP contribution in [0.5, 0.6) is 5.75 Å². The van der Waals surface area contributed by atoms with Gasteiger partial charge in [0, 0.05) is 5.56 Å². The van der Waals surface area contributed by atoms with Gasteiger partial charge in [0.1, 0.15) is 5.75 Å². The van der Waals surface area contributed by atoms with Gasteiger partial charge in [-0.05, 0) is 42.8 Å². The minimum atomic E-state index is -3.68. The van der Waals surface area contributed by atoms with Gasteiger partial charge in [-0.15, -0.1) is 6.42 Å². The predicted octanol–water partition coefficient (Wildman–Crippen LogP) is 2.64. The Bertz CT molecular complexity index is 900. The van der Waals surface area contributed by atoms with Crippen LogP contribution in [-0.2, 0) is 10.0 Å². The van der Waals surface area contributed by atoms with E-state index in [0.717, 1.165) is 6.42 Å². The number of anilines is 1. The van der Waals surface area contributed by atoms with E-state index in [2.05, 4.69) is 16.0 Å². The van der Waals surface area contributed by atoms with Crippen LogP contribution in [0.1, 0.15) is 23.7 Å². The lowest BCUT2D eigenvalue weighted by atomic mass is 10.2. The Kier molecular flexibility index (Phi) is 6.78. The summed E-state index contributed by atoms with van der Waals surface area (Å²) in [5.74, 6) is 2.42. The van der Waals surface area contributed by atoms with E-state index in [1.165, 1.54) is 24.3 Å². The maximum Gasteiger partial charge on any atom is 0.255 e. The zero-order valence-electron chi connectivity index (χ0n) is 14.4. The smallest absolute Gasteiger partial charge is 0.255 e. The molecule has 1 amide bonds. The van der Waals surface area contributed by atoms with Crippen molar-refractivity contribution in [2.75, 3.05) is 18.5 Å². The zero-order valence-corrected chi connectivity index (χ0v) is 15.2. The molecule has 6 nitrogen and oxygen atoms in total. The number of nitrogens with one attached hydrogen (secondary N) is 2. The molecule has 0 atom stereocenters. The highest BCUT2D eigenvalue weighted by atomic mass is 32.2. The summed E-state index contributed by atoms with van der Waals surface area (Å²) in [6, 6.07) is 12.7. The molecule has 0 fully saturated rings. The van der Waals surface area contributed by atoms with E-state index in [1.54, 1.807) is 18.2 Å².